The summed E-state index contributed by atoms with van der Waals surface area (Å²) >= 11 is 1.51. The van der Waals surface area contributed by atoms with Crippen LogP contribution in [-0.4, -0.2) is 39.6 Å². The van der Waals surface area contributed by atoms with Gasteiger partial charge < -0.3 is 10.5 Å². The van der Waals surface area contributed by atoms with Crippen LogP contribution in [0.1, 0.15) is 6.42 Å². The molecule has 0 fully saturated rings. The molecule has 0 aromatic carbocycles. The van der Waals surface area contributed by atoms with E-state index >= 15 is 0 Å². The van der Waals surface area contributed by atoms with Gasteiger partial charge in [0.15, 0.2) is 5.16 Å². The monoisotopic (exact) mass is 230 g/mol. The fourth-order valence-corrected chi connectivity index (χ4v) is 1.87. The first-order valence-corrected chi connectivity index (χ1v) is 5.44. The van der Waals surface area contributed by atoms with Crippen LogP contribution >= 0.6 is 11.8 Å². The van der Waals surface area contributed by atoms with Crippen LogP contribution in [0.4, 0.5) is 0 Å². The lowest BCUT2D eigenvalue weighted by Gasteiger charge is -2.07. The number of methoxy groups -OCH3 is 1. The second-order valence-electron chi connectivity index (χ2n) is 2.93. The van der Waals surface area contributed by atoms with Gasteiger partial charge in [-0.1, -0.05) is 11.8 Å². The molecule has 84 valence electrons. The first-order valence-electron chi connectivity index (χ1n) is 4.45. The molecule has 0 radical (unpaired) electrons. The molecule has 1 aromatic heterocycles. The van der Waals surface area contributed by atoms with Crippen LogP contribution in [-0.2, 0) is 16.6 Å². The number of carbonyl (C=O) groups is 1. The van der Waals surface area contributed by atoms with Gasteiger partial charge in [0, 0.05) is 12.8 Å². The molecule has 1 heterocycles. The Labute approximate surface area is 92.2 Å². The Morgan fingerprint density at radius 3 is 3.07 bits per heavy atom. The summed E-state index contributed by atoms with van der Waals surface area (Å²) in [5, 5.41) is 4.74. The van der Waals surface area contributed by atoms with Gasteiger partial charge in [0.05, 0.1) is 7.11 Å². The van der Waals surface area contributed by atoms with Crippen molar-refractivity contribution in [1.29, 1.82) is 0 Å². The topological polar surface area (TPSA) is 83.0 Å². The smallest absolute Gasteiger partial charge is 0.322 e. The second-order valence-corrected chi connectivity index (χ2v) is 4.00. The SMILES string of the molecule is COC(=O)C(N)CCSc1ncnn1C. The van der Waals surface area contributed by atoms with E-state index in [0.717, 1.165) is 5.16 Å². The molecule has 0 amide bonds. The number of aromatic nitrogens is 3. The number of carbonyl (C=O) groups excluding carboxylic acids is 1. The van der Waals surface area contributed by atoms with E-state index in [4.69, 9.17) is 5.73 Å². The number of hydrogen-bond acceptors (Lipinski definition) is 6. The van der Waals surface area contributed by atoms with E-state index in [9.17, 15) is 4.79 Å². The fourth-order valence-electron chi connectivity index (χ4n) is 0.963. The van der Waals surface area contributed by atoms with E-state index < -0.39 is 6.04 Å². The largest absolute Gasteiger partial charge is 0.468 e. The Morgan fingerprint density at radius 1 is 1.80 bits per heavy atom. The molecule has 0 saturated carbocycles. The van der Waals surface area contributed by atoms with Gasteiger partial charge in [0.25, 0.3) is 0 Å². The van der Waals surface area contributed by atoms with E-state index in [2.05, 4.69) is 14.8 Å². The highest BCUT2D eigenvalue weighted by molar-refractivity contribution is 7.99. The number of thioether (sulfide) groups is 1. The molecule has 2 N–H and O–H groups in total. The molecule has 0 saturated heterocycles. The molecule has 0 aliphatic carbocycles. The molecular weight excluding hydrogens is 216 g/mol. The van der Waals surface area contributed by atoms with Crippen LogP contribution < -0.4 is 5.73 Å². The molecule has 1 atom stereocenters. The van der Waals surface area contributed by atoms with Gasteiger partial charge in [-0.05, 0) is 6.42 Å². The van der Waals surface area contributed by atoms with Crippen molar-refractivity contribution in [3.8, 4) is 0 Å². The van der Waals surface area contributed by atoms with Crippen molar-refractivity contribution in [2.75, 3.05) is 12.9 Å². The zero-order valence-corrected chi connectivity index (χ0v) is 9.53. The molecule has 0 aliphatic heterocycles. The van der Waals surface area contributed by atoms with Gasteiger partial charge in [-0.2, -0.15) is 5.10 Å². The number of hydrogen-bond donors (Lipinski definition) is 1. The first-order chi connectivity index (χ1) is 7.15. The summed E-state index contributed by atoms with van der Waals surface area (Å²) in [7, 11) is 3.15. The maximum atomic E-state index is 11.0. The average molecular weight is 230 g/mol. The lowest BCUT2D eigenvalue weighted by Crippen LogP contribution is -2.32. The van der Waals surface area contributed by atoms with Crippen molar-refractivity contribution in [2.24, 2.45) is 12.8 Å². The van der Waals surface area contributed by atoms with Gasteiger partial charge in [-0.15, -0.1) is 0 Å². The normalized spacial score (nSPS) is 12.5. The number of ether oxygens (including phenoxy) is 1. The minimum Gasteiger partial charge on any atom is -0.468 e. The average Bonchev–Trinajstić information content (AvgIpc) is 2.63. The van der Waals surface area contributed by atoms with Gasteiger partial charge in [-0.25, -0.2) is 9.67 Å². The van der Waals surface area contributed by atoms with E-state index in [1.54, 1.807) is 4.68 Å². The van der Waals surface area contributed by atoms with Crippen molar-refractivity contribution in [1.82, 2.24) is 14.8 Å². The third kappa shape index (κ3) is 3.52. The van der Waals surface area contributed by atoms with E-state index in [1.165, 1.54) is 25.2 Å². The van der Waals surface area contributed by atoms with Crippen LogP contribution in [0.15, 0.2) is 11.5 Å². The summed E-state index contributed by atoms with van der Waals surface area (Å²) in [5.74, 6) is 0.330. The highest BCUT2D eigenvalue weighted by Gasteiger charge is 2.13. The van der Waals surface area contributed by atoms with E-state index in [-0.39, 0.29) is 5.97 Å². The Hall–Kier alpha value is -1.08. The molecule has 15 heavy (non-hydrogen) atoms. The number of aryl methyl sites for hydroxylation is 1. The summed E-state index contributed by atoms with van der Waals surface area (Å²) in [5.41, 5.74) is 5.57. The summed E-state index contributed by atoms with van der Waals surface area (Å²) in [6.45, 7) is 0. The third-order valence-electron chi connectivity index (χ3n) is 1.83. The van der Waals surface area contributed by atoms with Crippen molar-refractivity contribution in [2.45, 2.75) is 17.6 Å². The molecule has 7 heteroatoms. The second kappa shape index (κ2) is 5.72. The van der Waals surface area contributed by atoms with Crippen molar-refractivity contribution >= 4 is 17.7 Å². The van der Waals surface area contributed by atoms with Crippen molar-refractivity contribution in [3.63, 3.8) is 0 Å². The molecule has 0 spiro atoms. The molecule has 0 bridgehead atoms. The molecule has 0 aliphatic rings. The molecular formula is C8H14N4O2S. The summed E-state index contributed by atoms with van der Waals surface area (Å²) < 4.78 is 6.19. The Balaban J connectivity index is 2.28. The zero-order chi connectivity index (χ0) is 11.3. The van der Waals surface area contributed by atoms with Gasteiger partial charge >= 0.3 is 5.97 Å². The molecule has 6 nitrogen and oxygen atoms in total. The van der Waals surface area contributed by atoms with Gasteiger partial charge in [0.2, 0.25) is 0 Å². The highest BCUT2D eigenvalue weighted by Crippen LogP contribution is 2.14. The van der Waals surface area contributed by atoms with Gasteiger partial charge in [-0.3, -0.25) is 4.79 Å². The summed E-state index contributed by atoms with van der Waals surface area (Å²) in [4.78, 5) is 15.0. The Bertz CT molecular complexity index is 328. The minimum absolute atomic E-state index is 0.381. The maximum absolute atomic E-state index is 11.0. The van der Waals surface area contributed by atoms with Crippen LogP contribution in [0.2, 0.25) is 0 Å². The standard InChI is InChI=1S/C8H14N4O2S/c1-12-8(10-5-11-12)15-4-3-6(9)7(13)14-2/h5-6H,3-4,9H2,1-2H3. The summed E-state index contributed by atoms with van der Waals surface area (Å²) in [6.07, 6.45) is 2.05. The van der Waals surface area contributed by atoms with E-state index in [1.807, 2.05) is 7.05 Å². The lowest BCUT2D eigenvalue weighted by atomic mass is 10.2. The minimum atomic E-state index is -0.560. The zero-order valence-electron chi connectivity index (χ0n) is 8.71. The molecule has 1 unspecified atom stereocenters. The van der Waals surface area contributed by atoms with Crippen molar-refractivity contribution in [3.05, 3.63) is 6.33 Å². The van der Waals surface area contributed by atoms with Gasteiger partial charge in [0.1, 0.15) is 12.4 Å². The van der Waals surface area contributed by atoms with Crippen LogP contribution in [0.5, 0.6) is 0 Å². The first kappa shape index (κ1) is 12.0. The lowest BCUT2D eigenvalue weighted by molar-refractivity contribution is -0.142. The van der Waals surface area contributed by atoms with E-state index in [0.29, 0.717) is 12.2 Å². The quantitative estimate of drug-likeness (QED) is 0.557. The van der Waals surface area contributed by atoms with Crippen LogP contribution in [0, 0.1) is 0 Å². The number of rotatable bonds is 5. The van der Waals surface area contributed by atoms with Crippen LogP contribution in [0.25, 0.3) is 0 Å². The fraction of sp³-hybridized carbons (Fsp3) is 0.625. The Kier molecular flexibility index (Phi) is 4.57. The Morgan fingerprint density at radius 2 is 2.53 bits per heavy atom. The van der Waals surface area contributed by atoms with Crippen molar-refractivity contribution < 1.29 is 9.53 Å². The molecule has 1 aromatic rings. The predicted molar refractivity (Wildman–Crippen MR) is 56.3 cm³/mol. The number of nitrogens with zero attached hydrogens (tertiary/aromatic N) is 3. The summed E-state index contributed by atoms with van der Waals surface area (Å²) in [6, 6.07) is -0.560. The third-order valence-corrected chi connectivity index (χ3v) is 2.90. The number of esters is 1. The predicted octanol–water partition coefficient (Wildman–Crippen LogP) is -0.202. The molecule has 1 rings (SSSR count). The number of nitrogens with two attached hydrogens (primary N) is 1. The maximum Gasteiger partial charge on any atom is 0.322 e. The van der Waals surface area contributed by atoms with Crippen LogP contribution in [0.3, 0.4) is 0 Å². The highest BCUT2D eigenvalue weighted by atomic mass is 32.2.